The van der Waals surface area contributed by atoms with E-state index in [1.54, 1.807) is 7.05 Å². The lowest BCUT2D eigenvalue weighted by atomic mass is 11.6. The molecule has 0 fully saturated rings. The third kappa shape index (κ3) is 4.13. The Balaban J connectivity index is 2.62. The van der Waals surface area contributed by atoms with Gasteiger partial charge in [0, 0.05) is 0 Å². The van der Waals surface area contributed by atoms with Crippen LogP contribution in [0.3, 0.4) is 0 Å². The standard InChI is InChI=1S/CH4IN3/c1-3-5-4-2/h1H3,(H,3,4). The quantitative estimate of drug-likeness (QED) is 0.280. The number of nitrogens with zero attached hydrogens (tertiary/aromatic N) is 2. The highest BCUT2D eigenvalue weighted by Crippen LogP contribution is 1.66. The Morgan fingerprint density at radius 3 is 2.40 bits per heavy atom. The fourth-order valence-electron chi connectivity index (χ4n) is 0.0378. The van der Waals surface area contributed by atoms with Gasteiger partial charge in [-0.1, -0.05) is 5.22 Å². The highest BCUT2D eigenvalue weighted by Gasteiger charge is 1.47. The van der Waals surface area contributed by atoms with Crippen LogP contribution in [0.15, 0.2) is 10.3 Å². The first-order chi connectivity index (χ1) is 2.41. The minimum absolute atomic E-state index is 1.60. The largest absolute Gasteiger partial charge is 0.231 e. The molecule has 0 rings (SSSR count). The minimum atomic E-state index is 1.60. The van der Waals surface area contributed by atoms with E-state index in [1.807, 2.05) is 22.9 Å². The molecule has 0 saturated heterocycles. The maximum atomic E-state index is 3.36. The summed E-state index contributed by atoms with van der Waals surface area (Å²) in [7, 11) is 1.60. The molecule has 0 radical (unpaired) electrons. The van der Waals surface area contributed by atoms with E-state index in [0.29, 0.717) is 0 Å². The molecular formula is CH4IN3. The molecule has 3 nitrogen and oxygen atoms in total. The van der Waals surface area contributed by atoms with Crippen LogP contribution >= 0.6 is 22.9 Å². The molecule has 1 N–H and O–H groups in total. The van der Waals surface area contributed by atoms with E-state index in [1.165, 1.54) is 0 Å². The second-order valence-electron chi connectivity index (χ2n) is 0.385. The van der Waals surface area contributed by atoms with Gasteiger partial charge in [-0.3, -0.25) is 0 Å². The molecule has 0 atom stereocenters. The molecule has 0 heterocycles. The third-order valence-corrected chi connectivity index (χ3v) is 0.354. The molecule has 0 bridgehead atoms. The molecular weight excluding hydrogens is 181 g/mol. The Morgan fingerprint density at radius 2 is 2.40 bits per heavy atom. The summed E-state index contributed by atoms with van der Waals surface area (Å²) in [5, 5.41) is 6.69. The van der Waals surface area contributed by atoms with E-state index in [4.69, 9.17) is 0 Å². The normalized spacial score (nSPS) is 9.20. The van der Waals surface area contributed by atoms with Crippen LogP contribution in [0.4, 0.5) is 0 Å². The smallest absolute Gasteiger partial charge is 0.0765 e. The first-order valence-corrected chi connectivity index (χ1v) is 2.14. The summed E-state index contributed by atoms with van der Waals surface area (Å²) in [4.78, 5) is 0. The van der Waals surface area contributed by atoms with Crippen molar-refractivity contribution in [2.75, 3.05) is 7.05 Å². The molecule has 0 saturated carbocycles. The van der Waals surface area contributed by atoms with Gasteiger partial charge >= 0.3 is 0 Å². The summed E-state index contributed by atoms with van der Waals surface area (Å²) in [6.07, 6.45) is 0. The van der Waals surface area contributed by atoms with Crippen molar-refractivity contribution in [1.29, 1.82) is 0 Å². The van der Waals surface area contributed by atoms with Crippen molar-refractivity contribution < 1.29 is 0 Å². The van der Waals surface area contributed by atoms with Crippen LogP contribution in [0.5, 0.6) is 0 Å². The molecule has 0 aromatic heterocycles. The van der Waals surface area contributed by atoms with Crippen LogP contribution in [0.25, 0.3) is 0 Å². The molecule has 0 spiro atoms. The van der Waals surface area contributed by atoms with Crippen molar-refractivity contribution >= 4 is 22.9 Å². The van der Waals surface area contributed by atoms with Crippen molar-refractivity contribution in [2.45, 2.75) is 0 Å². The van der Waals surface area contributed by atoms with Crippen LogP contribution in [-0.4, -0.2) is 7.05 Å². The van der Waals surface area contributed by atoms with Gasteiger partial charge in [0.1, 0.15) is 0 Å². The fourth-order valence-corrected chi connectivity index (χ4v) is 0.254. The summed E-state index contributed by atoms with van der Waals surface area (Å²) < 4.78 is 2.45. The predicted octanol–water partition coefficient (Wildman–Crippen LogP) is 0.923. The number of nitrogens with one attached hydrogen (secondary N) is 1. The Hall–Kier alpha value is 0.130. The van der Waals surface area contributed by atoms with Crippen molar-refractivity contribution in [2.24, 2.45) is 10.3 Å². The molecule has 0 unspecified atom stereocenters. The fraction of sp³-hybridized carbons (Fsp3) is 1.00. The maximum absolute atomic E-state index is 3.36. The van der Waals surface area contributed by atoms with Gasteiger partial charge in [-0.25, -0.2) is 3.64 Å². The van der Waals surface area contributed by atoms with Crippen LogP contribution in [0.2, 0.25) is 0 Å². The molecule has 30 valence electrons. The van der Waals surface area contributed by atoms with E-state index in [-0.39, 0.29) is 0 Å². The van der Waals surface area contributed by atoms with Crippen LogP contribution in [0, 0.1) is 0 Å². The van der Waals surface area contributed by atoms with Gasteiger partial charge in [0.2, 0.25) is 0 Å². The molecule has 0 aliphatic rings. The van der Waals surface area contributed by atoms with Gasteiger partial charge < -0.3 is 0 Å². The number of rotatable bonds is 1. The van der Waals surface area contributed by atoms with Gasteiger partial charge in [0.15, 0.2) is 0 Å². The Bertz CT molecular complexity index is 33.9. The predicted molar refractivity (Wildman–Crippen MR) is 27.9 cm³/mol. The van der Waals surface area contributed by atoms with Crippen molar-refractivity contribution in [1.82, 2.24) is 3.64 Å². The first kappa shape index (κ1) is 5.13. The number of halogens is 1. The van der Waals surface area contributed by atoms with Crippen LogP contribution in [-0.2, 0) is 0 Å². The third-order valence-electron chi connectivity index (χ3n) is 0.138. The van der Waals surface area contributed by atoms with Gasteiger partial charge in [0.25, 0.3) is 0 Å². The monoisotopic (exact) mass is 185 g/mol. The first-order valence-electron chi connectivity index (χ1n) is 1.06. The topological polar surface area (TPSA) is 36.8 Å². The minimum Gasteiger partial charge on any atom is -0.231 e. The van der Waals surface area contributed by atoms with E-state index >= 15 is 0 Å². The number of hydrogen-bond acceptors (Lipinski definition) is 2. The molecule has 5 heavy (non-hydrogen) atoms. The molecule has 4 heteroatoms. The lowest BCUT2D eigenvalue weighted by Gasteiger charge is -1.70. The average Bonchev–Trinajstić information content (AvgIpc) is 1.41. The van der Waals surface area contributed by atoms with E-state index in [0.717, 1.165) is 0 Å². The van der Waals surface area contributed by atoms with E-state index < -0.39 is 0 Å². The summed E-state index contributed by atoms with van der Waals surface area (Å²) in [5.74, 6) is 0. The average molecular weight is 185 g/mol. The van der Waals surface area contributed by atoms with Crippen molar-refractivity contribution in [3.63, 3.8) is 0 Å². The molecule has 0 amide bonds. The summed E-state index contributed by atoms with van der Waals surface area (Å²) >= 11 is 1.88. The highest BCUT2D eigenvalue weighted by molar-refractivity contribution is 14.1. The lowest BCUT2D eigenvalue weighted by molar-refractivity contribution is 0.976. The zero-order valence-electron chi connectivity index (χ0n) is 2.77. The number of hydrogen-bond donors (Lipinski definition) is 1. The van der Waals surface area contributed by atoms with Crippen LogP contribution in [0.1, 0.15) is 0 Å². The zero-order valence-corrected chi connectivity index (χ0v) is 4.93. The van der Waals surface area contributed by atoms with Gasteiger partial charge in [-0.15, -0.1) is 0 Å². The maximum Gasteiger partial charge on any atom is 0.0765 e. The molecule has 0 aromatic rings. The summed E-state index contributed by atoms with van der Waals surface area (Å²) in [5.41, 5.74) is 0. The second kappa shape index (κ2) is 4.13. The van der Waals surface area contributed by atoms with Crippen LogP contribution < -0.4 is 3.64 Å². The van der Waals surface area contributed by atoms with E-state index in [9.17, 15) is 0 Å². The Morgan fingerprint density at radius 1 is 1.80 bits per heavy atom. The lowest BCUT2D eigenvalue weighted by Crippen LogP contribution is -1.74. The van der Waals surface area contributed by atoms with Crippen molar-refractivity contribution in [3.05, 3.63) is 0 Å². The van der Waals surface area contributed by atoms with Gasteiger partial charge in [-0.05, 0) is 0 Å². The Kier molecular flexibility index (Phi) is 4.24. The zero-order chi connectivity index (χ0) is 4.12. The highest BCUT2D eigenvalue weighted by atomic mass is 127. The SMILES string of the molecule is CN=NNI. The van der Waals surface area contributed by atoms with Gasteiger partial charge in [0.05, 0.1) is 29.9 Å². The molecule has 0 aliphatic heterocycles. The molecule has 0 aromatic carbocycles. The molecule has 0 aliphatic carbocycles. The summed E-state index contributed by atoms with van der Waals surface area (Å²) in [6, 6.07) is 0. The van der Waals surface area contributed by atoms with Gasteiger partial charge in [-0.2, -0.15) is 5.11 Å². The summed E-state index contributed by atoms with van der Waals surface area (Å²) in [6.45, 7) is 0. The Labute approximate surface area is 44.3 Å². The van der Waals surface area contributed by atoms with E-state index in [2.05, 4.69) is 14.0 Å². The second-order valence-corrected chi connectivity index (χ2v) is 0.867. The van der Waals surface area contributed by atoms with Crippen molar-refractivity contribution in [3.8, 4) is 0 Å².